The highest BCUT2D eigenvalue weighted by Crippen LogP contribution is 2.38. The lowest BCUT2D eigenvalue weighted by atomic mass is 9.85. The van der Waals surface area contributed by atoms with E-state index < -0.39 is 0 Å². The van der Waals surface area contributed by atoms with Crippen LogP contribution in [0, 0.1) is 5.92 Å². The molecule has 0 aliphatic rings. The summed E-state index contributed by atoms with van der Waals surface area (Å²) in [6.45, 7) is 11.3. The van der Waals surface area contributed by atoms with E-state index in [1.807, 2.05) is 30.3 Å². The Balaban J connectivity index is 2.61. The third-order valence-electron chi connectivity index (χ3n) is 3.26. The first-order valence-electron chi connectivity index (χ1n) is 7.16. The standard InChI is InChI=1S/C17H24N2O/c1-12(2)11-19-16(20)14(17(3,4)5)15(18-19)13-9-7-6-8-10-13/h6-10,12,20H,11H2,1-5H3. The molecule has 1 aromatic carbocycles. The quantitative estimate of drug-likeness (QED) is 0.909. The lowest BCUT2D eigenvalue weighted by Gasteiger charge is -2.19. The molecule has 1 aromatic heterocycles. The van der Waals surface area contributed by atoms with Crippen molar-refractivity contribution in [3.8, 4) is 17.1 Å². The maximum Gasteiger partial charge on any atom is 0.213 e. The largest absolute Gasteiger partial charge is 0.493 e. The molecule has 0 saturated heterocycles. The highest BCUT2D eigenvalue weighted by Gasteiger charge is 2.28. The molecule has 0 aliphatic heterocycles. The molecule has 20 heavy (non-hydrogen) atoms. The van der Waals surface area contributed by atoms with Gasteiger partial charge < -0.3 is 5.11 Å². The molecule has 0 aliphatic carbocycles. The van der Waals surface area contributed by atoms with Gasteiger partial charge in [0.1, 0.15) is 0 Å². The Labute approximate surface area is 121 Å². The molecular formula is C17H24N2O. The smallest absolute Gasteiger partial charge is 0.213 e. The predicted molar refractivity (Wildman–Crippen MR) is 82.9 cm³/mol. The van der Waals surface area contributed by atoms with Gasteiger partial charge in [-0.25, -0.2) is 4.68 Å². The van der Waals surface area contributed by atoms with Crippen LogP contribution in [-0.4, -0.2) is 14.9 Å². The van der Waals surface area contributed by atoms with E-state index in [9.17, 15) is 5.11 Å². The lowest BCUT2D eigenvalue weighted by Crippen LogP contribution is -2.12. The van der Waals surface area contributed by atoms with Gasteiger partial charge in [0, 0.05) is 17.7 Å². The van der Waals surface area contributed by atoms with Crippen molar-refractivity contribution in [2.45, 2.75) is 46.6 Å². The molecule has 1 heterocycles. The molecule has 0 fully saturated rings. The second kappa shape index (κ2) is 5.31. The molecule has 0 bridgehead atoms. The Morgan fingerprint density at radius 3 is 2.25 bits per heavy atom. The molecule has 0 saturated carbocycles. The zero-order valence-electron chi connectivity index (χ0n) is 13.0. The first kappa shape index (κ1) is 14.6. The molecule has 2 rings (SSSR count). The van der Waals surface area contributed by atoms with Gasteiger partial charge in [-0.3, -0.25) is 0 Å². The number of rotatable bonds is 3. The second-order valence-electron chi connectivity index (χ2n) is 6.74. The number of hydrogen-bond donors (Lipinski definition) is 1. The van der Waals surface area contributed by atoms with Gasteiger partial charge in [-0.1, -0.05) is 65.0 Å². The maximum absolute atomic E-state index is 10.6. The predicted octanol–water partition coefficient (Wildman–Crippen LogP) is 4.21. The monoisotopic (exact) mass is 272 g/mol. The Hall–Kier alpha value is -1.77. The summed E-state index contributed by atoms with van der Waals surface area (Å²) < 4.78 is 1.73. The summed E-state index contributed by atoms with van der Waals surface area (Å²) in [5.74, 6) is 0.738. The molecule has 3 nitrogen and oxygen atoms in total. The van der Waals surface area contributed by atoms with E-state index >= 15 is 0 Å². The van der Waals surface area contributed by atoms with Gasteiger partial charge in [0.25, 0.3) is 0 Å². The van der Waals surface area contributed by atoms with E-state index in [1.165, 1.54) is 0 Å². The van der Waals surface area contributed by atoms with Crippen LogP contribution in [0.2, 0.25) is 0 Å². The van der Waals surface area contributed by atoms with E-state index in [0.717, 1.165) is 23.4 Å². The summed E-state index contributed by atoms with van der Waals surface area (Å²) >= 11 is 0. The van der Waals surface area contributed by atoms with Crippen molar-refractivity contribution in [1.82, 2.24) is 9.78 Å². The Kier molecular flexibility index (Phi) is 3.89. The fourth-order valence-corrected chi connectivity index (χ4v) is 2.41. The van der Waals surface area contributed by atoms with Crippen molar-refractivity contribution in [1.29, 1.82) is 0 Å². The molecule has 0 radical (unpaired) electrons. The van der Waals surface area contributed by atoms with Gasteiger partial charge >= 0.3 is 0 Å². The summed E-state index contributed by atoms with van der Waals surface area (Å²) in [7, 11) is 0. The molecular weight excluding hydrogens is 248 g/mol. The fraction of sp³-hybridized carbons (Fsp3) is 0.471. The molecule has 108 valence electrons. The zero-order valence-corrected chi connectivity index (χ0v) is 13.0. The van der Waals surface area contributed by atoms with Gasteiger partial charge in [-0.2, -0.15) is 5.10 Å². The van der Waals surface area contributed by atoms with E-state index in [0.29, 0.717) is 11.8 Å². The van der Waals surface area contributed by atoms with Crippen LogP contribution in [0.25, 0.3) is 11.3 Å². The summed E-state index contributed by atoms with van der Waals surface area (Å²) in [6, 6.07) is 10.1. The first-order valence-corrected chi connectivity index (χ1v) is 7.16. The van der Waals surface area contributed by atoms with Crippen LogP contribution in [0.1, 0.15) is 40.2 Å². The Bertz CT molecular complexity index is 577. The van der Waals surface area contributed by atoms with Crippen molar-refractivity contribution in [3.63, 3.8) is 0 Å². The van der Waals surface area contributed by atoms with Crippen LogP contribution in [0.4, 0.5) is 0 Å². The number of aromatic nitrogens is 2. The Morgan fingerprint density at radius 2 is 1.75 bits per heavy atom. The minimum atomic E-state index is -0.148. The van der Waals surface area contributed by atoms with E-state index in [1.54, 1.807) is 4.68 Å². The molecule has 0 atom stereocenters. The third kappa shape index (κ3) is 2.87. The summed E-state index contributed by atoms with van der Waals surface area (Å²) in [6.07, 6.45) is 0. The van der Waals surface area contributed by atoms with Gasteiger partial charge in [-0.05, 0) is 11.3 Å². The van der Waals surface area contributed by atoms with Crippen molar-refractivity contribution in [2.75, 3.05) is 0 Å². The van der Waals surface area contributed by atoms with Gasteiger partial charge in [-0.15, -0.1) is 0 Å². The molecule has 0 unspecified atom stereocenters. The molecule has 3 heteroatoms. The summed E-state index contributed by atoms with van der Waals surface area (Å²) in [4.78, 5) is 0. The SMILES string of the molecule is CC(C)Cn1nc(-c2ccccc2)c(C(C)(C)C)c1O. The highest BCUT2D eigenvalue weighted by molar-refractivity contribution is 5.67. The lowest BCUT2D eigenvalue weighted by molar-refractivity contribution is 0.361. The number of benzene rings is 1. The average molecular weight is 272 g/mol. The van der Waals surface area contributed by atoms with Crippen LogP contribution in [0.3, 0.4) is 0 Å². The van der Waals surface area contributed by atoms with Crippen molar-refractivity contribution < 1.29 is 5.11 Å². The van der Waals surface area contributed by atoms with Crippen LogP contribution in [0.15, 0.2) is 30.3 Å². The minimum absolute atomic E-state index is 0.148. The van der Waals surface area contributed by atoms with Gasteiger partial charge in [0.15, 0.2) is 0 Å². The van der Waals surface area contributed by atoms with E-state index in [2.05, 4.69) is 39.7 Å². The third-order valence-corrected chi connectivity index (χ3v) is 3.26. The number of nitrogens with zero attached hydrogens (tertiary/aromatic N) is 2. The minimum Gasteiger partial charge on any atom is -0.493 e. The van der Waals surface area contributed by atoms with Crippen molar-refractivity contribution in [2.24, 2.45) is 5.92 Å². The average Bonchev–Trinajstić information content (AvgIpc) is 2.67. The molecule has 0 spiro atoms. The van der Waals surface area contributed by atoms with Crippen LogP contribution in [0.5, 0.6) is 5.88 Å². The Morgan fingerprint density at radius 1 is 1.15 bits per heavy atom. The summed E-state index contributed by atoms with van der Waals surface area (Å²) in [5.41, 5.74) is 2.71. The van der Waals surface area contributed by atoms with E-state index in [-0.39, 0.29) is 5.41 Å². The van der Waals surface area contributed by atoms with Crippen LogP contribution < -0.4 is 0 Å². The van der Waals surface area contributed by atoms with Crippen molar-refractivity contribution >= 4 is 0 Å². The molecule has 1 N–H and O–H groups in total. The zero-order chi connectivity index (χ0) is 14.9. The molecule has 0 amide bonds. The maximum atomic E-state index is 10.6. The van der Waals surface area contributed by atoms with E-state index in [4.69, 9.17) is 0 Å². The van der Waals surface area contributed by atoms with Crippen LogP contribution in [-0.2, 0) is 12.0 Å². The van der Waals surface area contributed by atoms with Gasteiger partial charge in [0.05, 0.1) is 5.69 Å². The first-order chi connectivity index (χ1) is 9.30. The highest BCUT2D eigenvalue weighted by atomic mass is 16.3. The topological polar surface area (TPSA) is 38.0 Å². The second-order valence-corrected chi connectivity index (χ2v) is 6.74. The van der Waals surface area contributed by atoms with Gasteiger partial charge in [0.2, 0.25) is 5.88 Å². The van der Waals surface area contributed by atoms with Crippen molar-refractivity contribution in [3.05, 3.63) is 35.9 Å². The molecule has 2 aromatic rings. The summed E-state index contributed by atoms with van der Waals surface area (Å²) in [5, 5.41) is 15.2. The van der Waals surface area contributed by atoms with Crippen LogP contribution >= 0.6 is 0 Å². The normalized spacial score (nSPS) is 12.1. The fourth-order valence-electron chi connectivity index (χ4n) is 2.41. The number of hydrogen-bond acceptors (Lipinski definition) is 2. The number of aromatic hydroxyl groups is 1.